The van der Waals surface area contributed by atoms with Gasteiger partial charge in [-0.05, 0) is 38.3 Å². The monoisotopic (exact) mass is 225 g/mol. The minimum Gasteiger partial charge on any atom is -0.260 e. The molecule has 1 heteroatoms. The Balaban J connectivity index is 2.40. The van der Waals surface area contributed by atoms with E-state index >= 15 is 0 Å². The average Bonchev–Trinajstić information content (AvgIpc) is 2.68. The van der Waals surface area contributed by atoms with Gasteiger partial charge in [0.25, 0.3) is 0 Å². The Hall–Kier alpha value is -1.63. The highest BCUT2D eigenvalue weighted by Gasteiger charge is 2.33. The molecule has 88 valence electrons. The van der Waals surface area contributed by atoms with Crippen molar-refractivity contribution in [3.05, 3.63) is 54.1 Å². The molecule has 0 aromatic heterocycles. The number of rotatable bonds is 4. The summed E-state index contributed by atoms with van der Waals surface area (Å²) in [5.74, 6) is 0. The van der Waals surface area contributed by atoms with Gasteiger partial charge in [0.1, 0.15) is 0 Å². The van der Waals surface area contributed by atoms with Crippen LogP contribution in [0.15, 0.2) is 53.6 Å². The number of benzene rings is 1. The van der Waals surface area contributed by atoms with Crippen molar-refractivity contribution >= 4 is 11.9 Å². The molecule has 0 aliphatic carbocycles. The highest BCUT2D eigenvalue weighted by molar-refractivity contribution is 5.85. The third-order valence-electron chi connectivity index (χ3n) is 3.27. The van der Waals surface area contributed by atoms with Crippen LogP contribution in [0.25, 0.3) is 0 Å². The zero-order chi connectivity index (χ0) is 12.3. The second-order valence-electron chi connectivity index (χ2n) is 4.91. The van der Waals surface area contributed by atoms with Gasteiger partial charge in [-0.3, -0.25) is 4.99 Å². The summed E-state index contributed by atoms with van der Waals surface area (Å²) in [5.41, 5.74) is 3.82. The van der Waals surface area contributed by atoms with Gasteiger partial charge in [-0.2, -0.15) is 0 Å². The van der Waals surface area contributed by atoms with Gasteiger partial charge in [-0.15, -0.1) is 6.58 Å². The number of aliphatic imine (C=N–C) groups is 1. The maximum absolute atomic E-state index is 4.55. The van der Waals surface area contributed by atoms with E-state index in [1.807, 2.05) is 12.1 Å². The quantitative estimate of drug-likeness (QED) is 0.665. The van der Waals surface area contributed by atoms with Crippen LogP contribution >= 0.6 is 0 Å². The van der Waals surface area contributed by atoms with E-state index in [0.29, 0.717) is 0 Å². The van der Waals surface area contributed by atoms with E-state index in [0.717, 1.165) is 18.5 Å². The van der Waals surface area contributed by atoms with E-state index in [1.165, 1.54) is 11.1 Å². The Bertz CT molecular complexity index is 478. The number of allylic oxidation sites excluding steroid dienone is 3. The van der Waals surface area contributed by atoms with Crippen LogP contribution in [-0.2, 0) is 5.41 Å². The van der Waals surface area contributed by atoms with E-state index in [1.54, 1.807) is 0 Å². The van der Waals surface area contributed by atoms with Crippen LogP contribution in [0.5, 0.6) is 0 Å². The summed E-state index contributed by atoms with van der Waals surface area (Å²) >= 11 is 0. The van der Waals surface area contributed by atoms with Crippen LogP contribution in [0.2, 0.25) is 0 Å². The van der Waals surface area contributed by atoms with Crippen molar-refractivity contribution in [1.29, 1.82) is 0 Å². The SMILES string of the molecule is C=CC[C@@]1(CC=C(C)C)C=Nc2ccccc21. The van der Waals surface area contributed by atoms with Gasteiger partial charge in [0.05, 0.1) is 5.69 Å². The molecule has 1 heterocycles. The Labute approximate surface area is 104 Å². The molecule has 17 heavy (non-hydrogen) atoms. The van der Waals surface area contributed by atoms with Crippen LogP contribution in [0.4, 0.5) is 5.69 Å². The van der Waals surface area contributed by atoms with Crippen molar-refractivity contribution < 1.29 is 0 Å². The molecule has 0 spiro atoms. The zero-order valence-corrected chi connectivity index (χ0v) is 10.6. The van der Waals surface area contributed by atoms with E-state index < -0.39 is 0 Å². The lowest BCUT2D eigenvalue weighted by Crippen LogP contribution is -2.24. The van der Waals surface area contributed by atoms with Crippen molar-refractivity contribution in [2.75, 3.05) is 0 Å². The van der Waals surface area contributed by atoms with Crippen molar-refractivity contribution in [2.45, 2.75) is 32.1 Å². The highest BCUT2D eigenvalue weighted by atomic mass is 14.8. The van der Waals surface area contributed by atoms with Crippen LogP contribution in [0.3, 0.4) is 0 Å². The molecule has 1 nitrogen and oxygen atoms in total. The third-order valence-corrected chi connectivity index (χ3v) is 3.27. The molecule has 0 unspecified atom stereocenters. The molecule has 1 aromatic rings. The Kier molecular flexibility index (Phi) is 3.28. The molecule has 0 saturated carbocycles. The molecular weight excluding hydrogens is 206 g/mol. The minimum absolute atomic E-state index is 0.0234. The third kappa shape index (κ3) is 2.23. The first-order valence-corrected chi connectivity index (χ1v) is 6.07. The van der Waals surface area contributed by atoms with Crippen molar-refractivity contribution in [3.63, 3.8) is 0 Å². The van der Waals surface area contributed by atoms with Gasteiger partial charge in [0, 0.05) is 11.6 Å². The maximum Gasteiger partial charge on any atom is 0.0667 e. The summed E-state index contributed by atoms with van der Waals surface area (Å²) in [6.45, 7) is 8.16. The largest absolute Gasteiger partial charge is 0.260 e. The summed E-state index contributed by atoms with van der Waals surface area (Å²) in [7, 11) is 0. The van der Waals surface area contributed by atoms with Crippen LogP contribution in [-0.4, -0.2) is 6.21 Å². The summed E-state index contributed by atoms with van der Waals surface area (Å²) in [6, 6.07) is 8.40. The van der Waals surface area contributed by atoms with Crippen molar-refractivity contribution in [3.8, 4) is 0 Å². The first kappa shape index (κ1) is 11.8. The smallest absolute Gasteiger partial charge is 0.0667 e. The Morgan fingerprint density at radius 3 is 2.76 bits per heavy atom. The minimum atomic E-state index is 0.0234. The normalized spacial score (nSPS) is 21.1. The fraction of sp³-hybridized carbons (Fsp3) is 0.312. The Morgan fingerprint density at radius 1 is 1.29 bits per heavy atom. The number of nitrogens with zero attached hydrogens (tertiary/aromatic N) is 1. The van der Waals surface area contributed by atoms with Gasteiger partial charge < -0.3 is 0 Å². The maximum atomic E-state index is 4.55. The predicted molar refractivity (Wildman–Crippen MR) is 75.1 cm³/mol. The van der Waals surface area contributed by atoms with Gasteiger partial charge in [0.15, 0.2) is 0 Å². The first-order chi connectivity index (χ1) is 8.18. The number of hydrogen-bond acceptors (Lipinski definition) is 1. The number of fused-ring (bicyclic) bond motifs is 1. The van der Waals surface area contributed by atoms with Gasteiger partial charge in [-0.25, -0.2) is 0 Å². The second-order valence-corrected chi connectivity index (χ2v) is 4.91. The molecule has 0 fully saturated rings. The van der Waals surface area contributed by atoms with E-state index in [9.17, 15) is 0 Å². The molecule has 0 saturated heterocycles. The molecule has 1 aromatic carbocycles. The van der Waals surface area contributed by atoms with Gasteiger partial charge >= 0.3 is 0 Å². The molecule has 1 aliphatic heterocycles. The van der Waals surface area contributed by atoms with Gasteiger partial charge in [0.2, 0.25) is 0 Å². The average molecular weight is 225 g/mol. The predicted octanol–water partition coefficient (Wildman–Crippen LogP) is 4.57. The summed E-state index contributed by atoms with van der Waals surface area (Å²) in [4.78, 5) is 4.55. The topological polar surface area (TPSA) is 12.4 Å². The molecular formula is C16H19N. The summed E-state index contributed by atoms with van der Waals surface area (Å²) < 4.78 is 0. The molecule has 0 radical (unpaired) electrons. The fourth-order valence-electron chi connectivity index (χ4n) is 2.32. The Morgan fingerprint density at radius 2 is 2.06 bits per heavy atom. The molecule has 1 atom stereocenters. The molecule has 0 bridgehead atoms. The molecule has 2 rings (SSSR count). The molecule has 0 N–H and O–H groups in total. The van der Waals surface area contributed by atoms with Crippen LogP contribution in [0, 0.1) is 0 Å². The van der Waals surface area contributed by atoms with Crippen LogP contribution < -0.4 is 0 Å². The number of para-hydroxylation sites is 1. The van der Waals surface area contributed by atoms with E-state index in [4.69, 9.17) is 0 Å². The summed E-state index contributed by atoms with van der Waals surface area (Å²) in [5, 5.41) is 0. The van der Waals surface area contributed by atoms with Gasteiger partial charge in [-0.1, -0.05) is 35.9 Å². The van der Waals surface area contributed by atoms with Crippen molar-refractivity contribution in [2.24, 2.45) is 4.99 Å². The molecule has 0 amide bonds. The highest BCUT2D eigenvalue weighted by Crippen LogP contribution is 2.42. The zero-order valence-electron chi connectivity index (χ0n) is 10.6. The lowest BCUT2D eigenvalue weighted by atomic mass is 9.76. The first-order valence-electron chi connectivity index (χ1n) is 6.07. The van der Waals surface area contributed by atoms with Crippen molar-refractivity contribution in [1.82, 2.24) is 0 Å². The van der Waals surface area contributed by atoms with E-state index in [2.05, 4.69) is 55.9 Å². The second kappa shape index (κ2) is 4.70. The lowest BCUT2D eigenvalue weighted by molar-refractivity contribution is 0.614. The summed E-state index contributed by atoms with van der Waals surface area (Å²) in [6.07, 6.45) is 8.32. The van der Waals surface area contributed by atoms with Crippen LogP contribution in [0.1, 0.15) is 32.3 Å². The lowest BCUT2D eigenvalue weighted by Gasteiger charge is -2.25. The molecule has 1 aliphatic rings. The standard InChI is InChI=1S/C16H19N/c1-4-10-16(11-9-13(2)3)12-17-15-8-6-5-7-14(15)16/h4-9,12H,1,10-11H2,2-3H3/t16-/m1/s1. The fourth-order valence-corrected chi connectivity index (χ4v) is 2.32. The van der Waals surface area contributed by atoms with E-state index in [-0.39, 0.29) is 5.41 Å². The number of hydrogen-bond donors (Lipinski definition) is 0.